The number of ether oxygens (including phenoxy) is 1. The van der Waals surface area contributed by atoms with E-state index in [1.54, 1.807) is 18.2 Å². The fourth-order valence-corrected chi connectivity index (χ4v) is 6.06. The van der Waals surface area contributed by atoms with Crippen LogP contribution in [0.25, 0.3) is 0 Å². The lowest BCUT2D eigenvalue weighted by Gasteiger charge is -2.33. The summed E-state index contributed by atoms with van der Waals surface area (Å²) < 4.78 is 58.4. The summed E-state index contributed by atoms with van der Waals surface area (Å²) in [6.07, 6.45) is 0. The summed E-state index contributed by atoms with van der Waals surface area (Å²) in [4.78, 5) is 11.8. The first-order valence-electron chi connectivity index (χ1n) is 8.61. The summed E-state index contributed by atoms with van der Waals surface area (Å²) in [5.41, 5.74) is -0.0551. The number of esters is 1. The van der Waals surface area contributed by atoms with Crippen molar-refractivity contribution >= 4 is 37.6 Å². The van der Waals surface area contributed by atoms with Crippen LogP contribution < -0.4 is 0 Å². The van der Waals surface area contributed by atoms with Crippen molar-refractivity contribution in [3.05, 3.63) is 59.1 Å². The predicted octanol–water partition coefficient (Wildman–Crippen LogP) is 1.82. The summed E-state index contributed by atoms with van der Waals surface area (Å²) in [5.74, 6) is -0.745. The van der Waals surface area contributed by atoms with Crippen molar-refractivity contribution in [1.29, 1.82) is 0 Å². The number of halogens is 1. The second-order valence-electron chi connectivity index (χ2n) is 6.25. The molecule has 11 heteroatoms. The van der Waals surface area contributed by atoms with Gasteiger partial charge in [0, 0.05) is 26.2 Å². The van der Waals surface area contributed by atoms with E-state index < -0.39 is 26.0 Å². The molecule has 0 amide bonds. The van der Waals surface area contributed by atoms with Gasteiger partial charge in [0.1, 0.15) is 0 Å². The SMILES string of the molecule is COC(=O)c1cc(S(=O)(=O)N2CCN(S(=O)(=O)c3ccccc3)CC2)ccc1Cl. The third-order valence-electron chi connectivity index (χ3n) is 4.56. The van der Waals surface area contributed by atoms with Gasteiger partial charge in [0.2, 0.25) is 20.0 Å². The molecule has 1 aliphatic rings. The van der Waals surface area contributed by atoms with E-state index in [4.69, 9.17) is 11.6 Å². The summed E-state index contributed by atoms with van der Waals surface area (Å²) in [6.45, 7) is 0.0248. The molecule has 0 spiro atoms. The molecule has 2 aromatic rings. The van der Waals surface area contributed by atoms with Crippen molar-refractivity contribution < 1.29 is 26.4 Å². The highest BCUT2D eigenvalue weighted by molar-refractivity contribution is 7.89. The molecule has 1 fully saturated rings. The molecule has 0 aromatic heterocycles. The molecule has 1 aliphatic heterocycles. The van der Waals surface area contributed by atoms with Crippen LogP contribution in [0.15, 0.2) is 58.3 Å². The summed E-state index contributed by atoms with van der Waals surface area (Å²) >= 11 is 5.95. The quantitative estimate of drug-likeness (QED) is 0.633. The lowest BCUT2D eigenvalue weighted by atomic mass is 10.2. The van der Waals surface area contributed by atoms with Gasteiger partial charge < -0.3 is 4.74 Å². The molecule has 0 radical (unpaired) electrons. The molecule has 156 valence electrons. The Morgan fingerprint density at radius 1 is 0.862 bits per heavy atom. The fourth-order valence-electron chi connectivity index (χ4n) is 2.97. The zero-order valence-electron chi connectivity index (χ0n) is 15.5. The van der Waals surface area contributed by atoms with Crippen molar-refractivity contribution in [1.82, 2.24) is 8.61 Å². The number of nitrogens with zero attached hydrogens (tertiary/aromatic N) is 2. The molecule has 0 saturated carbocycles. The first-order chi connectivity index (χ1) is 13.7. The monoisotopic (exact) mass is 458 g/mol. The van der Waals surface area contributed by atoms with Crippen LogP contribution in [0.5, 0.6) is 0 Å². The number of piperazine rings is 1. The van der Waals surface area contributed by atoms with Gasteiger partial charge in [-0.2, -0.15) is 8.61 Å². The third-order valence-corrected chi connectivity index (χ3v) is 8.70. The van der Waals surface area contributed by atoms with Crippen molar-refractivity contribution in [2.45, 2.75) is 9.79 Å². The van der Waals surface area contributed by atoms with E-state index in [2.05, 4.69) is 4.74 Å². The summed E-state index contributed by atoms with van der Waals surface area (Å²) in [6, 6.07) is 11.8. The van der Waals surface area contributed by atoms with E-state index >= 15 is 0 Å². The highest BCUT2D eigenvalue weighted by atomic mass is 35.5. The molecule has 1 heterocycles. The summed E-state index contributed by atoms with van der Waals surface area (Å²) in [7, 11) is -6.45. The minimum atomic E-state index is -3.93. The Hall–Kier alpha value is -1.98. The maximum atomic E-state index is 13.0. The van der Waals surface area contributed by atoms with Crippen LogP contribution in [0.4, 0.5) is 0 Å². The van der Waals surface area contributed by atoms with Crippen molar-refractivity contribution in [2.24, 2.45) is 0 Å². The Bertz CT molecular complexity index is 1110. The molecule has 2 aromatic carbocycles. The highest BCUT2D eigenvalue weighted by Crippen LogP contribution is 2.25. The van der Waals surface area contributed by atoms with Gasteiger partial charge >= 0.3 is 5.97 Å². The van der Waals surface area contributed by atoms with Crippen LogP contribution in [0.2, 0.25) is 5.02 Å². The molecular weight excluding hydrogens is 440 g/mol. The van der Waals surface area contributed by atoms with Crippen LogP contribution in [0.1, 0.15) is 10.4 Å². The maximum absolute atomic E-state index is 13.0. The van der Waals surface area contributed by atoms with Gasteiger partial charge in [0.05, 0.1) is 27.5 Å². The molecule has 0 N–H and O–H groups in total. The van der Waals surface area contributed by atoms with Crippen LogP contribution >= 0.6 is 11.6 Å². The van der Waals surface area contributed by atoms with Crippen LogP contribution in [0.3, 0.4) is 0 Å². The second kappa shape index (κ2) is 8.41. The van der Waals surface area contributed by atoms with Crippen molar-refractivity contribution in [3.63, 3.8) is 0 Å². The van der Waals surface area contributed by atoms with Gasteiger partial charge in [-0.05, 0) is 30.3 Å². The van der Waals surface area contributed by atoms with Crippen molar-refractivity contribution in [2.75, 3.05) is 33.3 Å². The number of benzene rings is 2. The Morgan fingerprint density at radius 2 is 1.38 bits per heavy atom. The smallest absolute Gasteiger partial charge is 0.339 e. The molecule has 3 rings (SSSR count). The zero-order valence-corrected chi connectivity index (χ0v) is 17.9. The number of hydrogen-bond donors (Lipinski definition) is 0. The Balaban J connectivity index is 1.79. The standard InChI is InChI=1S/C18H19ClN2O6S2/c1-27-18(22)16-13-15(7-8-17(16)19)29(25,26)21-11-9-20(10-12-21)28(23,24)14-5-3-2-4-6-14/h2-8,13H,9-12H2,1H3. The fraction of sp³-hybridized carbons (Fsp3) is 0.278. The Morgan fingerprint density at radius 3 is 1.90 bits per heavy atom. The lowest BCUT2D eigenvalue weighted by Crippen LogP contribution is -2.50. The summed E-state index contributed by atoms with van der Waals surface area (Å²) in [5, 5.41) is 0.0783. The van der Waals surface area contributed by atoms with Crippen LogP contribution in [-0.4, -0.2) is 64.7 Å². The van der Waals surface area contributed by atoms with E-state index in [-0.39, 0.29) is 46.6 Å². The van der Waals surface area contributed by atoms with Gasteiger partial charge in [-0.1, -0.05) is 29.8 Å². The Kier molecular flexibility index (Phi) is 6.30. The molecule has 8 nitrogen and oxygen atoms in total. The first-order valence-corrected chi connectivity index (χ1v) is 11.9. The van der Waals surface area contributed by atoms with E-state index in [9.17, 15) is 21.6 Å². The molecule has 29 heavy (non-hydrogen) atoms. The average Bonchev–Trinajstić information content (AvgIpc) is 2.74. The highest BCUT2D eigenvalue weighted by Gasteiger charge is 2.34. The van der Waals surface area contributed by atoms with Gasteiger partial charge in [-0.25, -0.2) is 21.6 Å². The molecule has 0 bridgehead atoms. The molecule has 0 aliphatic carbocycles. The predicted molar refractivity (Wildman–Crippen MR) is 107 cm³/mol. The molecule has 0 atom stereocenters. The van der Waals surface area contributed by atoms with Gasteiger partial charge in [0.25, 0.3) is 0 Å². The van der Waals surface area contributed by atoms with E-state index in [0.717, 1.165) is 6.07 Å². The lowest BCUT2D eigenvalue weighted by molar-refractivity contribution is 0.0600. The maximum Gasteiger partial charge on any atom is 0.339 e. The second-order valence-corrected chi connectivity index (χ2v) is 10.5. The topological polar surface area (TPSA) is 101 Å². The number of carbonyl (C=O) groups is 1. The number of methoxy groups -OCH3 is 1. The molecule has 0 unspecified atom stereocenters. The van der Waals surface area contributed by atoms with E-state index in [1.165, 1.54) is 40.0 Å². The number of hydrogen-bond acceptors (Lipinski definition) is 6. The van der Waals surface area contributed by atoms with Crippen LogP contribution in [0, 0.1) is 0 Å². The first kappa shape index (κ1) is 21.7. The number of sulfonamides is 2. The van der Waals surface area contributed by atoms with Gasteiger partial charge in [-0.3, -0.25) is 0 Å². The van der Waals surface area contributed by atoms with Crippen LogP contribution in [-0.2, 0) is 24.8 Å². The number of rotatable bonds is 5. The minimum Gasteiger partial charge on any atom is -0.465 e. The average molecular weight is 459 g/mol. The van der Waals surface area contributed by atoms with E-state index in [0.29, 0.717) is 0 Å². The van der Waals surface area contributed by atoms with Gasteiger partial charge in [0.15, 0.2) is 0 Å². The normalized spacial score (nSPS) is 16.5. The minimum absolute atomic E-state index is 0.00934. The number of carbonyl (C=O) groups excluding carboxylic acids is 1. The molecule has 1 saturated heterocycles. The zero-order chi connectivity index (χ0) is 21.2. The van der Waals surface area contributed by atoms with E-state index in [1.807, 2.05) is 0 Å². The molecular formula is C18H19ClN2O6S2. The Labute approximate surface area is 174 Å². The largest absolute Gasteiger partial charge is 0.465 e. The van der Waals surface area contributed by atoms with Crippen molar-refractivity contribution in [3.8, 4) is 0 Å². The van der Waals surface area contributed by atoms with Gasteiger partial charge in [-0.15, -0.1) is 0 Å². The third kappa shape index (κ3) is 4.31.